The summed E-state index contributed by atoms with van der Waals surface area (Å²) in [4.78, 5) is 16.4. The molecule has 0 radical (unpaired) electrons. The maximum atomic E-state index is 14.7. The lowest BCUT2D eigenvalue weighted by Crippen LogP contribution is -2.32. The molecule has 0 unspecified atom stereocenters. The Bertz CT molecular complexity index is 1630. The lowest BCUT2D eigenvalue weighted by atomic mass is 9.91. The molecule has 1 saturated carbocycles. The summed E-state index contributed by atoms with van der Waals surface area (Å²) in [5.74, 6) is 1.35. The fourth-order valence-electron chi connectivity index (χ4n) is 6.45. The fourth-order valence-corrected chi connectivity index (χ4v) is 6.45. The van der Waals surface area contributed by atoms with Gasteiger partial charge in [-0.3, -0.25) is 10.1 Å². The number of benzene rings is 2. The number of nitrogens with one attached hydrogen (secondary N) is 1. The topological polar surface area (TPSA) is 96.6 Å². The van der Waals surface area contributed by atoms with E-state index in [-0.39, 0.29) is 11.2 Å². The first-order valence-corrected chi connectivity index (χ1v) is 12.4. The zero-order valence-corrected chi connectivity index (χ0v) is 19.9. The molecule has 3 aromatic heterocycles. The summed E-state index contributed by atoms with van der Waals surface area (Å²) in [6.45, 7) is 4.14. The molecule has 7 rings (SSSR count). The van der Waals surface area contributed by atoms with E-state index in [0.29, 0.717) is 24.0 Å². The minimum Gasteiger partial charge on any atom is -0.355 e. The second kappa shape index (κ2) is 7.80. The summed E-state index contributed by atoms with van der Waals surface area (Å²) in [7, 11) is 0. The van der Waals surface area contributed by atoms with E-state index < -0.39 is 0 Å². The highest BCUT2D eigenvalue weighted by atomic mass is 19.1. The van der Waals surface area contributed by atoms with Crippen LogP contribution in [0.15, 0.2) is 60.9 Å². The van der Waals surface area contributed by atoms with Crippen molar-refractivity contribution in [3.63, 3.8) is 0 Å². The van der Waals surface area contributed by atoms with E-state index in [1.54, 1.807) is 12.3 Å². The Labute approximate surface area is 207 Å². The number of halogens is 1. The van der Waals surface area contributed by atoms with Gasteiger partial charge in [-0.25, -0.2) is 14.4 Å². The second-order valence-corrected chi connectivity index (χ2v) is 10.0. The largest absolute Gasteiger partial charge is 0.355 e. The summed E-state index contributed by atoms with van der Waals surface area (Å²) >= 11 is 0. The molecular weight excluding hydrogens is 453 g/mol. The van der Waals surface area contributed by atoms with E-state index in [9.17, 15) is 4.39 Å². The van der Waals surface area contributed by atoms with Crippen molar-refractivity contribution in [2.75, 3.05) is 24.5 Å². The first-order chi connectivity index (χ1) is 17.6. The Morgan fingerprint density at radius 1 is 1.14 bits per heavy atom. The predicted molar refractivity (Wildman–Crippen MR) is 138 cm³/mol. The first-order valence-electron chi connectivity index (χ1n) is 12.4. The van der Waals surface area contributed by atoms with Crippen LogP contribution in [0.1, 0.15) is 17.5 Å². The SMILES string of the molecule is Cc1cc2ncccc2cc1-c1n[nH]c2nc(N3CC[C@@H]4[C@H](C3)[C@@]4(CN)c3ccccc3F)cnc12. The molecule has 180 valence electrons. The van der Waals surface area contributed by atoms with Gasteiger partial charge in [0.2, 0.25) is 0 Å². The van der Waals surface area contributed by atoms with Crippen LogP contribution in [0.25, 0.3) is 33.3 Å². The van der Waals surface area contributed by atoms with Gasteiger partial charge in [-0.2, -0.15) is 5.10 Å². The minimum atomic E-state index is -0.290. The second-order valence-electron chi connectivity index (χ2n) is 10.0. The van der Waals surface area contributed by atoms with Crippen molar-refractivity contribution in [1.29, 1.82) is 0 Å². The first kappa shape index (κ1) is 21.4. The number of hydrogen-bond acceptors (Lipinski definition) is 6. The minimum absolute atomic E-state index is 0.158. The molecule has 7 nitrogen and oxygen atoms in total. The van der Waals surface area contributed by atoms with Gasteiger partial charge in [0.15, 0.2) is 5.65 Å². The highest BCUT2D eigenvalue weighted by Crippen LogP contribution is 2.63. The number of rotatable bonds is 4. The fraction of sp³-hybridized carbons (Fsp3) is 0.286. The van der Waals surface area contributed by atoms with Gasteiger partial charge in [-0.05, 0) is 60.6 Å². The van der Waals surface area contributed by atoms with Gasteiger partial charge in [0.25, 0.3) is 0 Å². The zero-order chi connectivity index (χ0) is 24.4. The van der Waals surface area contributed by atoms with Crippen molar-refractivity contribution < 1.29 is 4.39 Å². The van der Waals surface area contributed by atoms with E-state index >= 15 is 0 Å². The molecule has 1 aliphatic carbocycles. The molecule has 2 fully saturated rings. The summed E-state index contributed by atoms with van der Waals surface area (Å²) in [5, 5.41) is 8.73. The number of anilines is 1. The van der Waals surface area contributed by atoms with Gasteiger partial charge in [-0.1, -0.05) is 24.3 Å². The number of nitrogens with zero attached hydrogens (tertiary/aromatic N) is 5. The number of aryl methyl sites for hydroxylation is 1. The van der Waals surface area contributed by atoms with Gasteiger partial charge < -0.3 is 10.6 Å². The van der Waals surface area contributed by atoms with Crippen LogP contribution in [-0.2, 0) is 5.41 Å². The van der Waals surface area contributed by atoms with Crippen molar-refractivity contribution in [1.82, 2.24) is 25.1 Å². The maximum Gasteiger partial charge on any atom is 0.177 e. The molecule has 2 aromatic carbocycles. The van der Waals surface area contributed by atoms with Crippen LogP contribution >= 0.6 is 0 Å². The number of aromatic amines is 1. The number of piperidine rings is 1. The van der Waals surface area contributed by atoms with E-state index in [1.165, 1.54) is 6.07 Å². The Morgan fingerprint density at radius 2 is 2.03 bits per heavy atom. The standard InChI is InChI=1S/C28H26FN7/c1-16-11-23-17(5-4-9-31-23)12-18(16)25-26-27(35-34-25)33-24(13-32-26)36-10-8-19-21(14-36)28(19,15-30)20-6-2-3-7-22(20)29/h2-7,9,11-13,19,21H,8,10,14-15,30H2,1H3,(H,33,34,35)/t19-,21+,28-/m1/s1. The predicted octanol–water partition coefficient (Wildman–Crippen LogP) is 4.37. The molecule has 3 atom stereocenters. The molecular formula is C28H26FN7. The van der Waals surface area contributed by atoms with Gasteiger partial charge in [0.1, 0.15) is 22.8 Å². The van der Waals surface area contributed by atoms with Crippen LogP contribution in [0.2, 0.25) is 0 Å². The number of nitrogens with two attached hydrogens (primary N) is 1. The normalized spacial score (nSPS) is 23.2. The Kier molecular flexibility index (Phi) is 4.63. The molecule has 36 heavy (non-hydrogen) atoms. The molecule has 0 bridgehead atoms. The van der Waals surface area contributed by atoms with Crippen molar-refractivity contribution in [3.05, 3.63) is 77.9 Å². The van der Waals surface area contributed by atoms with Crippen molar-refractivity contribution in [2.45, 2.75) is 18.8 Å². The van der Waals surface area contributed by atoms with Crippen LogP contribution < -0.4 is 10.6 Å². The van der Waals surface area contributed by atoms with Crippen LogP contribution in [0.4, 0.5) is 10.2 Å². The number of hydrogen-bond donors (Lipinski definition) is 2. The quantitative estimate of drug-likeness (QED) is 0.397. The molecule has 5 aromatic rings. The van der Waals surface area contributed by atoms with Crippen LogP contribution in [0, 0.1) is 24.6 Å². The monoisotopic (exact) mass is 479 g/mol. The van der Waals surface area contributed by atoms with Crippen molar-refractivity contribution >= 4 is 27.9 Å². The van der Waals surface area contributed by atoms with Crippen molar-refractivity contribution in [2.24, 2.45) is 17.6 Å². The van der Waals surface area contributed by atoms with E-state index in [2.05, 4.69) is 39.1 Å². The zero-order valence-electron chi connectivity index (χ0n) is 19.9. The van der Waals surface area contributed by atoms with Gasteiger partial charge >= 0.3 is 0 Å². The molecule has 0 spiro atoms. The van der Waals surface area contributed by atoms with Gasteiger partial charge in [-0.15, -0.1) is 0 Å². The summed E-state index contributed by atoms with van der Waals surface area (Å²) in [6, 6.07) is 15.2. The highest BCUT2D eigenvalue weighted by molar-refractivity contribution is 5.93. The molecule has 3 N–H and O–H groups in total. The van der Waals surface area contributed by atoms with E-state index in [1.807, 2.05) is 30.5 Å². The third-order valence-electron chi connectivity index (χ3n) is 8.33. The third-order valence-corrected chi connectivity index (χ3v) is 8.33. The van der Waals surface area contributed by atoms with Crippen molar-refractivity contribution in [3.8, 4) is 11.3 Å². The number of fused-ring (bicyclic) bond motifs is 3. The summed E-state index contributed by atoms with van der Waals surface area (Å²) < 4.78 is 14.7. The maximum absolute atomic E-state index is 14.7. The van der Waals surface area contributed by atoms with Gasteiger partial charge in [0, 0.05) is 42.2 Å². The molecule has 4 heterocycles. The third kappa shape index (κ3) is 3.00. The number of aromatic nitrogens is 5. The van der Waals surface area contributed by atoms with E-state index in [4.69, 9.17) is 15.7 Å². The van der Waals surface area contributed by atoms with E-state index in [0.717, 1.165) is 64.1 Å². The summed E-state index contributed by atoms with van der Waals surface area (Å²) in [6.07, 6.45) is 4.58. The van der Waals surface area contributed by atoms with Gasteiger partial charge in [0.05, 0.1) is 11.7 Å². The number of H-pyrrole nitrogens is 1. The Morgan fingerprint density at radius 3 is 2.89 bits per heavy atom. The molecule has 1 aliphatic heterocycles. The van der Waals surface area contributed by atoms with Crippen LogP contribution in [0.3, 0.4) is 0 Å². The molecule has 1 saturated heterocycles. The molecule has 2 aliphatic rings. The molecule has 0 amide bonds. The number of pyridine rings is 1. The average molecular weight is 480 g/mol. The van der Waals surface area contributed by atoms with Crippen LogP contribution in [-0.4, -0.2) is 44.8 Å². The lowest BCUT2D eigenvalue weighted by molar-refractivity contribution is 0.533. The summed E-state index contributed by atoms with van der Waals surface area (Å²) in [5.41, 5.74) is 12.0. The molecule has 8 heteroatoms. The lowest BCUT2D eigenvalue weighted by Gasteiger charge is -2.26. The van der Waals surface area contributed by atoms with Crippen LogP contribution in [0.5, 0.6) is 0 Å². The average Bonchev–Trinajstić information content (AvgIpc) is 3.37. The Balaban J connectivity index is 1.20. The highest BCUT2D eigenvalue weighted by Gasteiger charge is 2.66. The smallest absolute Gasteiger partial charge is 0.177 e. The Hall–Kier alpha value is -3.91.